The van der Waals surface area contributed by atoms with Gasteiger partial charge in [0.05, 0.1) is 12.2 Å². The van der Waals surface area contributed by atoms with E-state index in [1.54, 1.807) is 7.05 Å². The van der Waals surface area contributed by atoms with Crippen LogP contribution in [0.5, 0.6) is 0 Å². The van der Waals surface area contributed by atoms with Crippen molar-refractivity contribution in [2.45, 2.75) is 6.54 Å². The first kappa shape index (κ1) is 14.1. The number of rotatable bonds is 3. The zero-order valence-corrected chi connectivity index (χ0v) is 12.3. The summed E-state index contributed by atoms with van der Waals surface area (Å²) in [5.74, 6) is 0. The highest BCUT2D eigenvalue weighted by atomic mass is 16.2. The molecule has 4 heteroatoms. The van der Waals surface area contributed by atoms with Gasteiger partial charge in [-0.1, -0.05) is 60.7 Å². The van der Waals surface area contributed by atoms with Crippen LogP contribution < -0.4 is 11.2 Å². The fourth-order valence-electron chi connectivity index (χ4n) is 2.47. The average molecular weight is 292 g/mol. The monoisotopic (exact) mass is 292 g/mol. The summed E-state index contributed by atoms with van der Waals surface area (Å²) in [6.45, 7) is 0.279. The molecule has 1 aromatic heterocycles. The highest BCUT2D eigenvalue weighted by Gasteiger charge is 2.10. The average Bonchev–Trinajstić information content (AvgIpc) is 2.57. The molecule has 0 saturated carbocycles. The molecule has 0 spiro atoms. The maximum Gasteiger partial charge on any atom is 0.331 e. The van der Waals surface area contributed by atoms with Gasteiger partial charge in [0.15, 0.2) is 0 Å². The zero-order chi connectivity index (χ0) is 15.5. The van der Waals surface area contributed by atoms with Gasteiger partial charge in [-0.3, -0.25) is 13.9 Å². The van der Waals surface area contributed by atoms with Gasteiger partial charge in [-0.25, -0.2) is 4.79 Å². The summed E-state index contributed by atoms with van der Waals surface area (Å²) in [6.07, 6.45) is 0. The minimum Gasteiger partial charge on any atom is -0.296 e. The Bertz CT molecular complexity index is 894. The Labute approximate surface area is 127 Å². The SMILES string of the molecule is Cn1c(-c2ccccc2)cc(=O)n(Cc2ccccc2)c1=O. The Kier molecular flexibility index (Phi) is 3.74. The fourth-order valence-corrected chi connectivity index (χ4v) is 2.47. The number of aromatic nitrogens is 2. The molecule has 22 heavy (non-hydrogen) atoms. The van der Waals surface area contributed by atoms with E-state index in [-0.39, 0.29) is 17.8 Å². The predicted octanol–water partition coefficient (Wildman–Crippen LogP) is 2.26. The second-order valence-corrected chi connectivity index (χ2v) is 5.15. The summed E-state index contributed by atoms with van der Waals surface area (Å²) >= 11 is 0. The van der Waals surface area contributed by atoms with Gasteiger partial charge in [-0.05, 0) is 11.1 Å². The molecule has 0 amide bonds. The van der Waals surface area contributed by atoms with E-state index in [0.29, 0.717) is 5.69 Å². The number of nitrogens with zero attached hydrogens (tertiary/aromatic N) is 2. The molecule has 3 aromatic rings. The molecule has 0 bridgehead atoms. The lowest BCUT2D eigenvalue weighted by Gasteiger charge is -2.12. The van der Waals surface area contributed by atoms with Crippen LogP contribution in [-0.4, -0.2) is 9.13 Å². The van der Waals surface area contributed by atoms with E-state index in [1.807, 2.05) is 60.7 Å². The molecule has 0 radical (unpaired) electrons. The summed E-state index contributed by atoms with van der Waals surface area (Å²) in [5, 5.41) is 0. The second kappa shape index (κ2) is 5.85. The maximum atomic E-state index is 12.5. The van der Waals surface area contributed by atoms with Crippen molar-refractivity contribution >= 4 is 0 Å². The third-order valence-electron chi connectivity index (χ3n) is 3.66. The Morgan fingerprint density at radius 3 is 2.09 bits per heavy atom. The van der Waals surface area contributed by atoms with Crippen LogP contribution in [0.4, 0.5) is 0 Å². The predicted molar refractivity (Wildman–Crippen MR) is 86.9 cm³/mol. The molecule has 0 aliphatic carbocycles. The van der Waals surface area contributed by atoms with Gasteiger partial charge in [0, 0.05) is 13.1 Å². The Balaban J connectivity index is 2.10. The molecule has 110 valence electrons. The summed E-state index contributed by atoms with van der Waals surface area (Å²) in [5.41, 5.74) is 1.81. The summed E-state index contributed by atoms with van der Waals surface area (Å²) in [6, 6.07) is 20.4. The zero-order valence-electron chi connectivity index (χ0n) is 12.3. The number of hydrogen-bond donors (Lipinski definition) is 0. The summed E-state index contributed by atoms with van der Waals surface area (Å²) in [4.78, 5) is 24.9. The molecule has 2 aromatic carbocycles. The van der Waals surface area contributed by atoms with E-state index in [4.69, 9.17) is 0 Å². The van der Waals surface area contributed by atoms with E-state index in [9.17, 15) is 9.59 Å². The van der Waals surface area contributed by atoms with E-state index < -0.39 is 0 Å². The third kappa shape index (κ3) is 2.63. The molecule has 0 N–H and O–H groups in total. The third-order valence-corrected chi connectivity index (χ3v) is 3.66. The molecule has 4 nitrogen and oxygen atoms in total. The molecule has 0 unspecified atom stereocenters. The van der Waals surface area contributed by atoms with Crippen LogP contribution in [0.15, 0.2) is 76.3 Å². The molecule has 0 aliphatic rings. The Hall–Kier alpha value is -2.88. The van der Waals surface area contributed by atoms with Gasteiger partial charge in [0.1, 0.15) is 0 Å². The van der Waals surface area contributed by atoms with Gasteiger partial charge in [0.25, 0.3) is 5.56 Å². The lowest BCUT2D eigenvalue weighted by Crippen LogP contribution is -2.39. The molecule has 0 atom stereocenters. The lowest BCUT2D eigenvalue weighted by molar-refractivity contribution is 0.644. The van der Waals surface area contributed by atoms with Crippen molar-refractivity contribution < 1.29 is 0 Å². The smallest absolute Gasteiger partial charge is 0.296 e. The topological polar surface area (TPSA) is 44.0 Å². The van der Waals surface area contributed by atoms with E-state index in [2.05, 4.69) is 0 Å². The van der Waals surface area contributed by atoms with Crippen molar-refractivity contribution in [3.8, 4) is 11.3 Å². The minimum absolute atomic E-state index is 0.279. The standard InChI is InChI=1S/C18H16N2O2/c1-19-16(15-10-6-3-7-11-15)12-17(21)20(18(19)22)13-14-8-4-2-5-9-14/h2-12H,13H2,1H3. The first-order valence-electron chi connectivity index (χ1n) is 7.07. The molecule has 1 heterocycles. The maximum absolute atomic E-state index is 12.5. The number of benzene rings is 2. The van der Waals surface area contributed by atoms with Crippen molar-refractivity contribution in [1.82, 2.24) is 9.13 Å². The van der Waals surface area contributed by atoms with Gasteiger partial charge in [-0.15, -0.1) is 0 Å². The first-order valence-corrected chi connectivity index (χ1v) is 7.07. The molecule has 3 rings (SSSR count). The van der Waals surface area contributed by atoms with Crippen molar-refractivity contribution in [3.63, 3.8) is 0 Å². The van der Waals surface area contributed by atoms with E-state index in [1.165, 1.54) is 15.2 Å². The Morgan fingerprint density at radius 2 is 1.45 bits per heavy atom. The lowest BCUT2D eigenvalue weighted by atomic mass is 10.1. The minimum atomic E-state index is -0.310. The van der Waals surface area contributed by atoms with Crippen LogP contribution >= 0.6 is 0 Å². The molecular weight excluding hydrogens is 276 g/mol. The fraction of sp³-hybridized carbons (Fsp3) is 0.111. The first-order chi connectivity index (χ1) is 10.7. The van der Waals surface area contributed by atoms with Crippen LogP contribution in [0.3, 0.4) is 0 Å². The largest absolute Gasteiger partial charge is 0.331 e. The van der Waals surface area contributed by atoms with Gasteiger partial charge >= 0.3 is 5.69 Å². The van der Waals surface area contributed by atoms with Crippen LogP contribution in [-0.2, 0) is 13.6 Å². The normalized spacial score (nSPS) is 10.6. The van der Waals surface area contributed by atoms with Gasteiger partial charge < -0.3 is 0 Å². The van der Waals surface area contributed by atoms with Crippen LogP contribution in [0.25, 0.3) is 11.3 Å². The van der Waals surface area contributed by atoms with Crippen molar-refractivity contribution in [2.24, 2.45) is 7.05 Å². The Morgan fingerprint density at radius 1 is 0.864 bits per heavy atom. The van der Waals surface area contributed by atoms with Gasteiger partial charge in [-0.2, -0.15) is 0 Å². The van der Waals surface area contributed by atoms with Crippen molar-refractivity contribution in [1.29, 1.82) is 0 Å². The van der Waals surface area contributed by atoms with Crippen LogP contribution in [0, 0.1) is 0 Å². The highest BCUT2D eigenvalue weighted by Crippen LogP contribution is 2.14. The second-order valence-electron chi connectivity index (χ2n) is 5.15. The van der Waals surface area contributed by atoms with Crippen molar-refractivity contribution in [2.75, 3.05) is 0 Å². The molecule has 0 saturated heterocycles. The van der Waals surface area contributed by atoms with Crippen LogP contribution in [0.1, 0.15) is 5.56 Å². The number of hydrogen-bond acceptors (Lipinski definition) is 2. The summed E-state index contributed by atoms with van der Waals surface area (Å²) in [7, 11) is 1.69. The van der Waals surface area contributed by atoms with Gasteiger partial charge in [0.2, 0.25) is 0 Å². The highest BCUT2D eigenvalue weighted by molar-refractivity contribution is 5.58. The quantitative estimate of drug-likeness (QED) is 0.743. The molecular formula is C18H16N2O2. The molecule has 0 aliphatic heterocycles. The van der Waals surface area contributed by atoms with E-state index in [0.717, 1.165) is 11.1 Å². The summed E-state index contributed by atoms with van der Waals surface area (Å²) < 4.78 is 2.77. The van der Waals surface area contributed by atoms with Crippen LogP contribution in [0.2, 0.25) is 0 Å². The molecule has 0 fully saturated rings. The van der Waals surface area contributed by atoms with Crippen molar-refractivity contribution in [3.05, 3.63) is 93.1 Å². The van der Waals surface area contributed by atoms with E-state index >= 15 is 0 Å².